The van der Waals surface area contributed by atoms with Crippen molar-refractivity contribution in [2.75, 3.05) is 11.9 Å². The second kappa shape index (κ2) is 10.2. The number of carbonyl (C=O) groups excluding carboxylic acids is 1. The molecule has 0 saturated carbocycles. The van der Waals surface area contributed by atoms with Gasteiger partial charge in [0.15, 0.2) is 0 Å². The highest BCUT2D eigenvalue weighted by molar-refractivity contribution is 5.71. The smallest absolute Gasteiger partial charge is 0.308 e. The summed E-state index contributed by atoms with van der Waals surface area (Å²) in [4.78, 5) is 11.7. The van der Waals surface area contributed by atoms with Crippen LogP contribution in [0, 0.1) is 5.92 Å². The Bertz CT molecular complexity index is 678. The molecule has 164 valence electrons. The van der Waals surface area contributed by atoms with Crippen molar-refractivity contribution in [2.24, 2.45) is 5.92 Å². The maximum atomic E-state index is 11.7. The average molecular weight is 413 g/mol. The Labute approximate surface area is 170 Å². The van der Waals surface area contributed by atoms with E-state index in [1.54, 1.807) is 32.0 Å². The van der Waals surface area contributed by atoms with Gasteiger partial charge in [0.1, 0.15) is 36.8 Å². The van der Waals surface area contributed by atoms with Gasteiger partial charge in [0.05, 0.1) is 18.2 Å². The van der Waals surface area contributed by atoms with E-state index >= 15 is 0 Å². The van der Waals surface area contributed by atoms with Crippen LogP contribution < -0.4 is 10.1 Å². The number of hydrogen-bond acceptors (Lipinski definition) is 9. The van der Waals surface area contributed by atoms with Crippen LogP contribution in [0.25, 0.3) is 0 Å². The molecule has 5 N–H and O–H groups in total. The molecule has 1 aliphatic heterocycles. The first-order valence-electron chi connectivity index (χ1n) is 9.67. The molecule has 1 fully saturated rings. The molecular formula is C20H31NO8. The second-order valence-electron chi connectivity index (χ2n) is 7.71. The van der Waals surface area contributed by atoms with Crippen LogP contribution in [0.5, 0.6) is 5.75 Å². The number of carbonyl (C=O) groups is 1. The van der Waals surface area contributed by atoms with E-state index < -0.39 is 37.3 Å². The van der Waals surface area contributed by atoms with Crippen molar-refractivity contribution in [2.45, 2.75) is 71.0 Å². The van der Waals surface area contributed by atoms with Crippen LogP contribution in [-0.2, 0) is 20.9 Å². The molecule has 29 heavy (non-hydrogen) atoms. The van der Waals surface area contributed by atoms with Gasteiger partial charge in [-0.1, -0.05) is 19.9 Å². The molecule has 0 aliphatic carbocycles. The lowest BCUT2D eigenvalue weighted by molar-refractivity contribution is -0.277. The van der Waals surface area contributed by atoms with Crippen molar-refractivity contribution in [1.29, 1.82) is 0 Å². The average Bonchev–Trinajstić information content (AvgIpc) is 2.67. The molecule has 2 rings (SSSR count). The third kappa shape index (κ3) is 6.03. The van der Waals surface area contributed by atoms with Gasteiger partial charge in [-0.3, -0.25) is 4.79 Å². The van der Waals surface area contributed by atoms with Gasteiger partial charge >= 0.3 is 5.97 Å². The van der Waals surface area contributed by atoms with Gasteiger partial charge < -0.3 is 40.0 Å². The van der Waals surface area contributed by atoms with Gasteiger partial charge in [-0.25, -0.2) is 0 Å². The number of aliphatic hydroxyl groups excluding tert-OH is 4. The third-order valence-corrected chi connectivity index (χ3v) is 4.43. The fourth-order valence-corrected chi connectivity index (χ4v) is 2.80. The number of anilines is 1. The summed E-state index contributed by atoms with van der Waals surface area (Å²) in [5.74, 6) is -0.191. The largest absolute Gasteiger partial charge is 0.461 e. The van der Waals surface area contributed by atoms with Crippen LogP contribution in [-0.4, -0.2) is 69.8 Å². The zero-order valence-corrected chi connectivity index (χ0v) is 17.1. The molecule has 1 aromatic carbocycles. The van der Waals surface area contributed by atoms with Crippen molar-refractivity contribution in [1.82, 2.24) is 0 Å². The summed E-state index contributed by atoms with van der Waals surface area (Å²) in [6.45, 7) is 6.94. The Morgan fingerprint density at radius 1 is 1.14 bits per heavy atom. The highest BCUT2D eigenvalue weighted by Gasteiger charge is 2.44. The molecule has 1 saturated heterocycles. The van der Waals surface area contributed by atoms with Crippen LogP contribution >= 0.6 is 0 Å². The highest BCUT2D eigenvalue weighted by atomic mass is 16.7. The minimum absolute atomic E-state index is 0.0561. The predicted molar refractivity (Wildman–Crippen MR) is 104 cm³/mol. The van der Waals surface area contributed by atoms with E-state index in [9.17, 15) is 25.2 Å². The van der Waals surface area contributed by atoms with Crippen LogP contribution in [0.1, 0.15) is 33.3 Å². The topological polar surface area (TPSA) is 138 Å². The van der Waals surface area contributed by atoms with Crippen LogP contribution in [0.3, 0.4) is 0 Å². The molecule has 0 spiro atoms. The summed E-state index contributed by atoms with van der Waals surface area (Å²) in [7, 11) is 0. The van der Waals surface area contributed by atoms with E-state index in [1.165, 1.54) is 0 Å². The van der Waals surface area contributed by atoms with E-state index in [4.69, 9.17) is 14.2 Å². The fourth-order valence-electron chi connectivity index (χ4n) is 2.80. The van der Waals surface area contributed by atoms with Crippen molar-refractivity contribution in [3.05, 3.63) is 23.8 Å². The lowest BCUT2D eigenvalue weighted by Crippen LogP contribution is -2.60. The van der Waals surface area contributed by atoms with E-state index in [-0.39, 0.29) is 24.5 Å². The molecule has 1 aliphatic rings. The van der Waals surface area contributed by atoms with Gasteiger partial charge in [0, 0.05) is 6.04 Å². The number of rotatable bonds is 8. The zero-order valence-electron chi connectivity index (χ0n) is 17.1. The van der Waals surface area contributed by atoms with Crippen molar-refractivity contribution in [3.8, 4) is 5.75 Å². The van der Waals surface area contributed by atoms with E-state index in [0.717, 1.165) is 5.56 Å². The Morgan fingerprint density at radius 2 is 1.83 bits per heavy atom. The Kier molecular flexibility index (Phi) is 8.23. The summed E-state index contributed by atoms with van der Waals surface area (Å²) in [6, 6.07) is 5.15. The number of hydrogen-bond donors (Lipinski definition) is 5. The van der Waals surface area contributed by atoms with E-state index in [2.05, 4.69) is 5.32 Å². The number of ether oxygens (including phenoxy) is 3. The van der Waals surface area contributed by atoms with Crippen LogP contribution in [0.15, 0.2) is 18.2 Å². The summed E-state index contributed by atoms with van der Waals surface area (Å²) in [5, 5.41) is 42.5. The molecule has 9 heteroatoms. The summed E-state index contributed by atoms with van der Waals surface area (Å²) in [6.07, 6.45) is -6.84. The first-order chi connectivity index (χ1) is 13.6. The van der Waals surface area contributed by atoms with Crippen molar-refractivity contribution < 1.29 is 39.4 Å². The minimum atomic E-state index is -1.53. The first kappa shape index (κ1) is 23.4. The van der Waals surface area contributed by atoms with Gasteiger partial charge in [-0.05, 0) is 31.5 Å². The van der Waals surface area contributed by atoms with Gasteiger partial charge in [-0.15, -0.1) is 0 Å². The monoisotopic (exact) mass is 413 g/mol. The Hall–Kier alpha value is -1.91. The lowest BCUT2D eigenvalue weighted by Gasteiger charge is -2.39. The first-order valence-corrected chi connectivity index (χ1v) is 9.67. The van der Waals surface area contributed by atoms with Crippen molar-refractivity contribution in [3.63, 3.8) is 0 Å². The Balaban J connectivity index is 2.19. The molecule has 0 radical (unpaired) electrons. The summed E-state index contributed by atoms with van der Waals surface area (Å²) >= 11 is 0. The summed E-state index contributed by atoms with van der Waals surface area (Å²) in [5.41, 5.74) is 1.32. The van der Waals surface area contributed by atoms with E-state index in [0.29, 0.717) is 11.4 Å². The molecule has 0 amide bonds. The van der Waals surface area contributed by atoms with Crippen LogP contribution in [0.2, 0.25) is 0 Å². The quantitative estimate of drug-likeness (QED) is 0.383. The molecule has 9 nitrogen and oxygen atoms in total. The van der Waals surface area contributed by atoms with Gasteiger partial charge in [0.25, 0.3) is 0 Å². The maximum absolute atomic E-state index is 11.7. The normalized spacial score (nSPS) is 27.2. The molecule has 1 aromatic rings. The SMILES string of the molecule is CC(C)Nc1cc(COC(=O)C(C)C)ccc1OC1OC(CO)C(O)C(O)C1O. The molecule has 0 aromatic heterocycles. The molecular weight excluding hydrogens is 382 g/mol. The zero-order chi connectivity index (χ0) is 21.7. The number of aliphatic hydroxyl groups is 4. The number of benzene rings is 1. The molecule has 5 atom stereocenters. The third-order valence-electron chi connectivity index (χ3n) is 4.43. The molecule has 0 bridgehead atoms. The predicted octanol–water partition coefficient (Wildman–Crippen LogP) is 0.385. The fraction of sp³-hybridized carbons (Fsp3) is 0.650. The van der Waals surface area contributed by atoms with Gasteiger partial charge in [-0.2, -0.15) is 0 Å². The molecule has 1 heterocycles. The Morgan fingerprint density at radius 3 is 2.41 bits per heavy atom. The standard InChI is InChI=1S/C20H31NO8/c1-10(2)19(26)27-9-12-5-6-14(13(7-12)21-11(3)4)28-20-18(25)17(24)16(23)15(8-22)29-20/h5-7,10-11,15-18,20-25H,8-9H2,1-4H3. The van der Waals surface area contributed by atoms with Gasteiger partial charge in [0.2, 0.25) is 6.29 Å². The lowest BCUT2D eigenvalue weighted by atomic mass is 9.99. The molecule has 5 unspecified atom stereocenters. The minimum Gasteiger partial charge on any atom is -0.461 e. The second-order valence-corrected chi connectivity index (χ2v) is 7.71. The van der Waals surface area contributed by atoms with Crippen LogP contribution in [0.4, 0.5) is 5.69 Å². The summed E-state index contributed by atoms with van der Waals surface area (Å²) < 4.78 is 16.4. The van der Waals surface area contributed by atoms with Crippen molar-refractivity contribution >= 4 is 11.7 Å². The maximum Gasteiger partial charge on any atom is 0.308 e. The number of esters is 1. The number of nitrogens with one attached hydrogen (secondary N) is 1. The van der Waals surface area contributed by atoms with E-state index in [1.807, 2.05) is 13.8 Å². The highest BCUT2D eigenvalue weighted by Crippen LogP contribution is 2.31.